The van der Waals surface area contributed by atoms with Crippen LogP contribution in [0.5, 0.6) is 11.5 Å². The van der Waals surface area contributed by atoms with Crippen LogP contribution in [0.25, 0.3) is 0 Å². The molecule has 32 heavy (non-hydrogen) atoms. The quantitative estimate of drug-likeness (QED) is 0.592. The summed E-state index contributed by atoms with van der Waals surface area (Å²) in [5.74, 6) is 0.794. The summed E-state index contributed by atoms with van der Waals surface area (Å²) < 4.78 is 43.7. The molecule has 3 rings (SSSR count). The Bertz CT molecular complexity index is 1070. The van der Waals surface area contributed by atoms with Gasteiger partial charge in [0.1, 0.15) is 10.6 Å². The summed E-state index contributed by atoms with van der Waals surface area (Å²) in [5, 5.41) is 4.04. The second-order valence-corrected chi connectivity index (χ2v) is 9.82. The molecule has 0 aliphatic carbocycles. The van der Waals surface area contributed by atoms with Crippen molar-refractivity contribution in [2.45, 2.75) is 38.5 Å². The Balaban J connectivity index is 1.78. The maximum absolute atomic E-state index is 13.2. The molecule has 1 aromatic heterocycles. The third kappa shape index (κ3) is 4.87. The predicted octanol–water partition coefficient (Wildman–Crippen LogP) is 3.28. The van der Waals surface area contributed by atoms with E-state index in [2.05, 4.69) is 5.16 Å². The van der Waals surface area contributed by atoms with E-state index in [0.717, 1.165) is 6.42 Å². The number of aryl methyl sites for hydroxylation is 2. The zero-order valence-corrected chi connectivity index (χ0v) is 20.3. The smallest absolute Gasteiger partial charge is 0.254 e. The van der Waals surface area contributed by atoms with Crippen molar-refractivity contribution in [1.29, 1.82) is 0 Å². The molecule has 9 nitrogen and oxygen atoms in total. The van der Waals surface area contributed by atoms with Gasteiger partial charge in [0, 0.05) is 31.7 Å². The van der Waals surface area contributed by atoms with Crippen LogP contribution in [0.15, 0.2) is 21.6 Å². The van der Waals surface area contributed by atoms with Crippen LogP contribution in [0, 0.1) is 13.8 Å². The average Bonchev–Trinajstić information content (AvgIpc) is 2.95. The van der Waals surface area contributed by atoms with Crippen LogP contribution >= 0.6 is 11.6 Å². The van der Waals surface area contributed by atoms with Crippen LogP contribution in [-0.4, -0.2) is 68.6 Å². The second-order valence-electron chi connectivity index (χ2n) is 7.54. The summed E-state index contributed by atoms with van der Waals surface area (Å²) in [5.41, 5.74) is 0.685. The zero-order chi connectivity index (χ0) is 23.5. The molecule has 1 aliphatic rings. The van der Waals surface area contributed by atoms with E-state index < -0.39 is 10.0 Å². The number of hydrogen-bond donors (Lipinski definition) is 0. The Morgan fingerprint density at radius 2 is 1.97 bits per heavy atom. The van der Waals surface area contributed by atoms with E-state index in [4.69, 9.17) is 25.6 Å². The molecule has 11 heteroatoms. The standard InChI is InChI=1S/C21H28ClN3O6S/c1-5-11-30-19-17(22)12-16(13-18(19)29-4)21(26)24-7-6-8-25(10-9-24)32(27,28)20-14(2)23-31-15(20)3/h12-13H,5-11H2,1-4H3. The van der Waals surface area contributed by atoms with Gasteiger partial charge in [-0.1, -0.05) is 23.7 Å². The first kappa shape index (κ1) is 24.3. The van der Waals surface area contributed by atoms with Crippen molar-refractivity contribution in [1.82, 2.24) is 14.4 Å². The number of carbonyl (C=O) groups excluding carboxylic acids is 1. The topological polar surface area (TPSA) is 102 Å². The largest absolute Gasteiger partial charge is 0.493 e. The van der Waals surface area contributed by atoms with Crippen LogP contribution in [0.1, 0.15) is 41.6 Å². The molecule has 0 N–H and O–H groups in total. The molecule has 1 saturated heterocycles. The van der Waals surface area contributed by atoms with Gasteiger partial charge in [0.15, 0.2) is 17.3 Å². The fourth-order valence-corrected chi connectivity index (χ4v) is 5.71. The maximum atomic E-state index is 13.2. The van der Waals surface area contributed by atoms with Gasteiger partial charge >= 0.3 is 0 Å². The maximum Gasteiger partial charge on any atom is 0.254 e. The number of halogens is 1. The number of sulfonamides is 1. The van der Waals surface area contributed by atoms with Crippen LogP contribution in [0.3, 0.4) is 0 Å². The van der Waals surface area contributed by atoms with Crippen molar-refractivity contribution in [3.63, 3.8) is 0 Å². The number of benzene rings is 1. The van der Waals surface area contributed by atoms with Crippen molar-refractivity contribution in [2.75, 3.05) is 39.9 Å². The molecule has 1 aromatic carbocycles. The Morgan fingerprint density at radius 1 is 1.22 bits per heavy atom. The van der Waals surface area contributed by atoms with E-state index in [-0.39, 0.29) is 29.7 Å². The van der Waals surface area contributed by atoms with Crippen molar-refractivity contribution in [2.24, 2.45) is 0 Å². The highest BCUT2D eigenvalue weighted by Crippen LogP contribution is 2.37. The fraction of sp³-hybridized carbons (Fsp3) is 0.524. The molecule has 176 valence electrons. The molecule has 1 aliphatic heterocycles. The van der Waals surface area contributed by atoms with Crippen LogP contribution in [-0.2, 0) is 10.0 Å². The van der Waals surface area contributed by atoms with E-state index in [1.165, 1.54) is 11.4 Å². The molecule has 0 saturated carbocycles. The Hall–Kier alpha value is -2.30. The monoisotopic (exact) mass is 485 g/mol. The lowest BCUT2D eigenvalue weighted by atomic mass is 10.1. The molecule has 0 unspecified atom stereocenters. The first-order valence-corrected chi connectivity index (χ1v) is 12.2. The highest BCUT2D eigenvalue weighted by atomic mass is 35.5. The van der Waals surface area contributed by atoms with Crippen molar-refractivity contribution in [3.05, 3.63) is 34.2 Å². The summed E-state index contributed by atoms with van der Waals surface area (Å²) in [6.07, 6.45) is 1.30. The van der Waals surface area contributed by atoms with Crippen LogP contribution in [0.4, 0.5) is 0 Å². The van der Waals surface area contributed by atoms with Crippen molar-refractivity contribution >= 4 is 27.5 Å². The van der Waals surface area contributed by atoms with Gasteiger partial charge in [-0.25, -0.2) is 8.42 Å². The number of amides is 1. The third-order valence-corrected chi connectivity index (χ3v) is 7.66. The summed E-state index contributed by atoms with van der Waals surface area (Å²) in [6.45, 7) is 6.76. The Morgan fingerprint density at radius 3 is 2.59 bits per heavy atom. The Labute approximate surface area is 193 Å². The molecule has 2 heterocycles. The number of hydrogen-bond acceptors (Lipinski definition) is 7. The molecule has 0 spiro atoms. The van der Waals surface area contributed by atoms with E-state index in [9.17, 15) is 13.2 Å². The zero-order valence-electron chi connectivity index (χ0n) is 18.7. The average molecular weight is 486 g/mol. The molecule has 0 radical (unpaired) electrons. The van der Waals surface area contributed by atoms with E-state index in [0.29, 0.717) is 53.9 Å². The van der Waals surface area contributed by atoms with Crippen molar-refractivity contribution in [3.8, 4) is 11.5 Å². The number of aromatic nitrogens is 1. The summed E-state index contributed by atoms with van der Waals surface area (Å²) >= 11 is 6.36. The molecule has 1 amide bonds. The molecular formula is C21H28ClN3O6S. The number of nitrogens with zero attached hydrogens (tertiary/aromatic N) is 3. The lowest BCUT2D eigenvalue weighted by Crippen LogP contribution is -2.37. The molecule has 0 bridgehead atoms. The molecule has 0 atom stereocenters. The summed E-state index contributed by atoms with van der Waals surface area (Å²) in [7, 11) is -2.28. The van der Waals surface area contributed by atoms with Gasteiger partial charge in [0.25, 0.3) is 5.91 Å². The minimum absolute atomic E-state index is 0.0939. The van der Waals surface area contributed by atoms with Gasteiger partial charge in [0.2, 0.25) is 10.0 Å². The van der Waals surface area contributed by atoms with E-state index in [1.807, 2.05) is 6.92 Å². The van der Waals surface area contributed by atoms with Gasteiger partial charge in [-0.3, -0.25) is 4.79 Å². The number of ether oxygens (including phenoxy) is 2. The van der Waals surface area contributed by atoms with Gasteiger partial charge in [0.05, 0.1) is 18.7 Å². The highest BCUT2D eigenvalue weighted by molar-refractivity contribution is 7.89. The van der Waals surface area contributed by atoms with Gasteiger partial charge in [-0.2, -0.15) is 4.31 Å². The van der Waals surface area contributed by atoms with E-state index in [1.54, 1.807) is 30.9 Å². The SMILES string of the molecule is CCCOc1c(Cl)cc(C(=O)N2CCCN(S(=O)(=O)c3c(C)noc3C)CC2)cc1OC. The molecular weight excluding hydrogens is 458 g/mol. The number of methoxy groups -OCH3 is 1. The normalized spacial score (nSPS) is 15.5. The minimum Gasteiger partial charge on any atom is -0.493 e. The second kappa shape index (κ2) is 10.1. The van der Waals surface area contributed by atoms with E-state index >= 15 is 0 Å². The third-order valence-electron chi connectivity index (χ3n) is 5.23. The van der Waals surface area contributed by atoms with Crippen LogP contribution in [0.2, 0.25) is 5.02 Å². The molecule has 1 fully saturated rings. The summed E-state index contributed by atoms with van der Waals surface area (Å²) in [4.78, 5) is 14.9. The fourth-order valence-electron chi connectivity index (χ4n) is 3.68. The van der Waals surface area contributed by atoms with Crippen LogP contribution < -0.4 is 9.47 Å². The first-order valence-electron chi connectivity index (χ1n) is 10.4. The first-order chi connectivity index (χ1) is 15.2. The van der Waals surface area contributed by atoms with Crippen molar-refractivity contribution < 1.29 is 27.2 Å². The number of carbonyl (C=O) groups is 1. The predicted molar refractivity (Wildman–Crippen MR) is 119 cm³/mol. The van der Waals surface area contributed by atoms with Gasteiger partial charge in [-0.15, -0.1) is 0 Å². The highest BCUT2D eigenvalue weighted by Gasteiger charge is 2.33. The lowest BCUT2D eigenvalue weighted by molar-refractivity contribution is 0.0763. The van der Waals surface area contributed by atoms with Gasteiger partial charge in [-0.05, 0) is 38.8 Å². The minimum atomic E-state index is -3.77. The number of rotatable bonds is 7. The molecule has 2 aromatic rings. The Kier molecular flexibility index (Phi) is 7.68. The summed E-state index contributed by atoms with van der Waals surface area (Å²) in [6, 6.07) is 3.16. The van der Waals surface area contributed by atoms with Gasteiger partial charge < -0.3 is 18.9 Å². The lowest BCUT2D eigenvalue weighted by Gasteiger charge is -2.22.